The second kappa shape index (κ2) is 5.15. The van der Waals surface area contributed by atoms with Crippen LogP contribution in [0.15, 0.2) is 30.6 Å². The SMILES string of the molecule is Clc1ccc2ncc(/C=C/CC3CCCC3)n2c1. The number of pyridine rings is 1. The number of aromatic nitrogens is 2. The molecule has 2 aromatic rings. The van der Waals surface area contributed by atoms with E-state index in [0.29, 0.717) is 0 Å². The van der Waals surface area contributed by atoms with Crippen molar-refractivity contribution < 1.29 is 0 Å². The molecule has 0 amide bonds. The Hall–Kier alpha value is -1.28. The van der Waals surface area contributed by atoms with Crippen LogP contribution in [0.2, 0.25) is 5.02 Å². The topological polar surface area (TPSA) is 17.3 Å². The van der Waals surface area contributed by atoms with Crippen LogP contribution in [0.4, 0.5) is 0 Å². The van der Waals surface area contributed by atoms with Gasteiger partial charge in [0.15, 0.2) is 0 Å². The van der Waals surface area contributed by atoms with Crippen molar-refractivity contribution in [3.8, 4) is 0 Å². The standard InChI is InChI=1S/C15H17ClN2/c16-13-8-9-15-17-10-14(18(15)11-13)7-3-6-12-4-1-2-5-12/h3,7-12H,1-2,4-6H2/b7-3+. The van der Waals surface area contributed by atoms with Gasteiger partial charge in [0.25, 0.3) is 0 Å². The maximum Gasteiger partial charge on any atom is 0.137 e. The first-order chi connectivity index (χ1) is 8.83. The van der Waals surface area contributed by atoms with Gasteiger partial charge in [0, 0.05) is 6.20 Å². The lowest BCUT2D eigenvalue weighted by Gasteiger charge is -2.03. The maximum absolute atomic E-state index is 6.01. The first-order valence-electron chi connectivity index (χ1n) is 6.62. The maximum atomic E-state index is 6.01. The predicted octanol–water partition coefficient (Wildman–Crippen LogP) is 4.58. The Labute approximate surface area is 112 Å². The van der Waals surface area contributed by atoms with E-state index in [1.165, 1.54) is 32.1 Å². The van der Waals surface area contributed by atoms with E-state index >= 15 is 0 Å². The van der Waals surface area contributed by atoms with Crippen LogP contribution in [0.5, 0.6) is 0 Å². The lowest BCUT2D eigenvalue weighted by Crippen LogP contribution is -1.90. The molecule has 0 aliphatic heterocycles. The molecule has 1 aliphatic rings. The molecule has 94 valence electrons. The summed E-state index contributed by atoms with van der Waals surface area (Å²) in [6, 6.07) is 3.81. The molecule has 1 fully saturated rings. The van der Waals surface area contributed by atoms with Gasteiger partial charge in [-0.15, -0.1) is 0 Å². The van der Waals surface area contributed by atoms with Gasteiger partial charge in [-0.3, -0.25) is 4.40 Å². The highest BCUT2D eigenvalue weighted by Crippen LogP contribution is 2.28. The highest BCUT2D eigenvalue weighted by Gasteiger charge is 2.12. The molecule has 0 aromatic carbocycles. The van der Waals surface area contributed by atoms with Gasteiger partial charge < -0.3 is 0 Å². The monoisotopic (exact) mass is 260 g/mol. The Morgan fingerprint density at radius 1 is 1.33 bits per heavy atom. The molecule has 2 aromatic heterocycles. The number of allylic oxidation sites excluding steroid dienone is 1. The molecule has 0 atom stereocenters. The molecule has 18 heavy (non-hydrogen) atoms. The van der Waals surface area contributed by atoms with Crippen LogP contribution in [-0.2, 0) is 0 Å². The van der Waals surface area contributed by atoms with Gasteiger partial charge in [0.1, 0.15) is 5.65 Å². The van der Waals surface area contributed by atoms with Gasteiger partial charge in [0.2, 0.25) is 0 Å². The van der Waals surface area contributed by atoms with Crippen LogP contribution in [0.1, 0.15) is 37.8 Å². The molecule has 0 bridgehead atoms. The molecule has 3 heteroatoms. The molecule has 0 N–H and O–H groups in total. The van der Waals surface area contributed by atoms with Crippen molar-refractivity contribution in [3.63, 3.8) is 0 Å². The summed E-state index contributed by atoms with van der Waals surface area (Å²) >= 11 is 6.01. The molecule has 0 radical (unpaired) electrons. The van der Waals surface area contributed by atoms with Gasteiger partial charge in [-0.1, -0.05) is 43.4 Å². The van der Waals surface area contributed by atoms with Crippen molar-refractivity contribution in [3.05, 3.63) is 41.3 Å². The van der Waals surface area contributed by atoms with Crippen molar-refractivity contribution >= 4 is 23.3 Å². The first-order valence-corrected chi connectivity index (χ1v) is 7.00. The summed E-state index contributed by atoms with van der Waals surface area (Å²) in [5.74, 6) is 0.893. The van der Waals surface area contributed by atoms with E-state index in [2.05, 4.69) is 17.1 Å². The van der Waals surface area contributed by atoms with Crippen molar-refractivity contribution in [2.75, 3.05) is 0 Å². The molecular weight excluding hydrogens is 244 g/mol. The van der Waals surface area contributed by atoms with Crippen molar-refractivity contribution in [1.29, 1.82) is 0 Å². The highest BCUT2D eigenvalue weighted by atomic mass is 35.5. The quantitative estimate of drug-likeness (QED) is 0.790. The fourth-order valence-electron chi connectivity index (χ4n) is 2.72. The van der Waals surface area contributed by atoms with Crippen LogP contribution in [0.3, 0.4) is 0 Å². The second-order valence-corrected chi connectivity index (χ2v) is 5.48. The number of halogens is 1. The van der Waals surface area contributed by atoms with E-state index in [1.54, 1.807) is 0 Å². The Kier molecular flexibility index (Phi) is 3.37. The Morgan fingerprint density at radius 3 is 3.00 bits per heavy atom. The van der Waals surface area contributed by atoms with Crippen molar-refractivity contribution in [2.45, 2.75) is 32.1 Å². The molecule has 3 rings (SSSR count). The fourth-order valence-corrected chi connectivity index (χ4v) is 2.88. The van der Waals surface area contributed by atoms with E-state index in [1.807, 2.05) is 28.9 Å². The Bertz CT molecular complexity index is 565. The van der Waals surface area contributed by atoms with Crippen LogP contribution >= 0.6 is 11.6 Å². The summed E-state index contributed by atoms with van der Waals surface area (Å²) in [6.07, 6.45) is 15.0. The van der Waals surface area contributed by atoms with Gasteiger partial charge in [0.05, 0.1) is 16.9 Å². The lowest BCUT2D eigenvalue weighted by molar-refractivity contribution is 0.559. The summed E-state index contributed by atoms with van der Waals surface area (Å²) in [7, 11) is 0. The first kappa shape index (κ1) is 11.8. The number of hydrogen-bond donors (Lipinski definition) is 0. The molecule has 1 saturated carbocycles. The fraction of sp³-hybridized carbons (Fsp3) is 0.400. The van der Waals surface area contributed by atoms with E-state index in [4.69, 9.17) is 11.6 Å². The van der Waals surface area contributed by atoms with E-state index in [0.717, 1.165) is 22.3 Å². The zero-order chi connectivity index (χ0) is 12.4. The minimum Gasteiger partial charge on any atom is -0.299 e. The van der Waals surface area contributed by atoms with Gasteiger partial charge in [-0.25, -0.2) is 4.98 Å². The summed E-state index contributed by atoms with van der Waals surface area (Å²) in [5.41, 5.74) is 2.05. The minimum atomic E-state index is 0.742. The Balaban J connectivity index is 1.77. The van der Waals surface area contributed by atoms with Crippen LogP contribution in [0, 0.1) is 5.92 Å². The molecule has 0 unspecified atom stereocenters. The second-order valence-electron chi connectivity index (χ2n) is 5.05. The average molecular weight is 261 g/mol. The van der Waals surface area contributed by atoms with Gasteiger partial charge in [-0.2, -0.15) is 0 Å². The number of hydrogen-bond acceptors (Lipinski definition) is 1. The zero-order valence-corrected chi connectivity index (χ0v) is 11.1. The molecule has 0 saturated heterocycles. The number of nitrogens with zero attached hydrogens (tertiary/aromatic N) is 2. The largest absolute Gasteiger partial charge is 0.299 e. The summed E-state index contributed by atoms with van der Waals surface area (Å²) in [5, 5.41) is 0.742. The van der Waals surface area contributed by atoms with Crippen LogP contribution in [-0.4, -0.2) is 9.38 Å². The minimum absolute atomic E-state index is 0.742. The summed E-state index contributed by atoms with van der Waals surface area (Å²) < 4.78 is 2.04. The zero-order valence-electron chi connectivity index (χ0n) is 10.3. The summed E-state index contributed by atoms with van der Waals surface area (Å²) in [6.45, 7) is 0. The average Bonchev–Trinajstić information content (AvgIpc) is 2.99. The molecule has 2 nitrogen and oxygen atoms in total. The molecular formula is C15H17ClN2. The van der Waals surface area contributed by atoms with Crippen molar-refractivity contribution in [1.82, 2.24) is 9.38 Å². The smallest absolute Gasteiger partial charge is 0.137 e. The predicted molar refractivity (Wildman–Crippen MR) is 75.8 cm³/mol. The van der Waals surface area contributed by atoms with Crippen LogP contribution in [0.25, 0.3) is 11.7 Å². The van der Waals surface area contributed by atoms with E-state index in [9.17, 15) is 0 Å². The molecule has 1 aliphatic carbocycles. The molecule has 0 spiro atoms. The summed E-state index contributed by atoms with van der Waals surface area (Å²) in [4.78, 5) is 4.36. The van der Waals surface area contributed by atoms with E-state index < -0.39 is 0 Å². The number of imidazole rings is 1. The Morgan fingerprint density at radius 2 is 2.17 bits per heavy atom. The van der Waals surface area contributed by atoms with Gasteiger partial charge >= 0.3 is 0 Å². The third-order valence-corrected chi connectivity index (χ3v) is 3.95. The van der Waals surface area contributed by atoms with Gasteiger partial charge in [-0.05, 0) is 30.5 Å². The van der Waals surface area contributed by atoms with E-state index in [-0.39, 0.29) is 0 Å². The highest BCUT2D eigenvalue weighted by molar-refractivity contribution is 6.30. The number of fused-ring (bicyclic) bond motifs is 1. The molecule has 2 heterocycles. The lowest BCUT2D eigenvalue weighted by atomic mass is 10.0. The third kappa shape index (κ3) is 2.44. The third-order valence-electron chi connectivity index (χ3n) is 3.73. The normalized spacial score (nSPS) is 17.2. The number of rotatable bonds is 3. The van der Waals surface area contributed by atoms with Crippen molar-refractivity contribution in [2.24, 2.45) is 5.92 Å². The van der Waals surface area contributed by atoms with Crippen LogP contribution < -0.4 is 0 Å².